The molecule has 0 saturated carbocycles. The van der Waals surface area contributed by atoms with Gasteiger partial charge in [-0.3, -0.25) is 4.79 Å². The predicted molar refractivity (Wildman–Crippen MR) is 78.1 cm³/mol. The number of aromatic nitrogens is 1. The van der Waals surface area contributed by atoms with Gasteiger partial charge >= 0.3 is 0 Å². The van der Waals surface area contributed by atoms with E-state index in [0.717, 1.165) is 10.6 Å². The SMILES string of the molecule is NC(Cc1ccccc1)C(O)C(=O)NCc1nccs1. The first-order valence-electron chi connectivity index (χ1n) is 6.30. The number of rotatable bonds is 6. The molecule has 1 aromatic carbocycles. The summed E-state index contributed by atoms with van der Waals surface area (Å²) in [7, 11) is 0. The normalized spacial score (nSPS) is 13.7. The van der Waals surface area contributed by atoms with E-state index in [4.69, 9.17) is 5.73 Å². The molecule has 2 atom stereocenters. The number of nitrogens with zero attached hydrogens (tertiary/aromatic N) is 1. The van der Waals surface area contributed by atoms with Crippen molar-refractivity contribution in [3.05, 3.63) is 52.5 Å². The molecule has 6 heteroatoms. The number of hydrogen-bond donors (Lipinski definition) is 3. The van der Waals surface area contributed by atoms with Gasteiger partial charge in [-0.15, -0.1) is 11.3 Å². The molecule has 0 aliphatic carbocycles. The van der Waals surface area contributed by atoms with Crippen LogP contribution in [0.25, 0.3) is 0 Å². The van der Waals surface area contributed by atoms with Crippen LogP contribution in [0, 0.1) is 0 Å². The summed E-state index contributed by atoms with van der Waals surface area (Å²) in [6.45, 7) is 0.311. The summed E-state index contributed by atoms with van der Waals surface area (Å²) in [5, 5.41) is 15.2. The summed E-state index contributed by atoms with van der Waals surface area (Å²) in [5.41, 5.74) is 6.87. The number of hydrogen-bond acceptors (Lipinski definition) is 5. The molecule has 0 saturated heterocycles. The molecule has 106 valence electrons. The minimum Gasteiger partial charge on any atom is -0.382 e. The molecular formula is C14H17N3O2S. The van der Waals surface area contributed by atoms with E-state index >= 15 is 0 Å². The van der Waals surface area contributed by atoms with Crippen molar-refractivity contribution < 1.29 is 9.90 Å². The number of nitrogens with one attached hydrogen (secondary N) is 1. The van der Waals surface area contributed by atoms with Crippen molar-refractivity contribution in [3.63, 3.8) is 0 Å². The lowest BCUT2D eigenvalue weighted by molar-refractivity contribution is -0.130. The Morgan fingerprint density at radius 1 is 1.40 bits per heavy atom. The number of nitrogens with two attached hydrogens (primary N) is 1. The summed E-state index contributed by atoms with van der Waals surface area (Å²) in [5.74, 6) is -0.469. The van der Waals surface area contributed by atoms with E-state index in [1.54, 1.807) is 6.20 Å². The monoisotopic (exact) mass is 291 g/mol. The third-order valence-electron chi connectivity index (χ3n) is 2.89. The molecule has 0 bridgehead atoms. The molecule has 2 aromatic rings. The quantitative estimate of drug-likeness (QED) is 0.730. The molecule has 0 radical (unpaired) electrons. The Morgan fingerprint density at radius 2 is 2.15 bits per heavy atom. The average molecular weight is 291 g/mol. The second-order valence-electron chi connectivity index (χ2n) is 4.44. The highest BCUT2D eigenvalue weighted by Gasteiger charge is 2.22. The van der Waals surface area contributed by atoms with Gasteiger partial charge in [0.15, 0.2) is 0 Å². The molecule has 0 aliphatic rings. The topological polar surface area (TPSA) is 88.2 Å². The highest BCUT2D eigenvalue weighted by molar-refractivity contribution is 7.09. The van der Waals surface area contributed by atoms with E-state index < -0.39 is 18.1 Å². The number of aliphatic hydroxyl groups is 1. The summed E-state index contributed by atoms with van der Waals surface area (Å²) < 4.78 is 0. The Bertz CT molecular complexity index is 531. The van der Waals surface area contributed by atoms with Gasteiger partial charge in [-0.25, -0.2) is 4.98 Å². The highest BCUT2D eigenvalue weighted by Crippen LogP contribution is 2.06. The minimum atomic E-state index is -1.23. The van der Waals surface area contributed by atoms with Gasteiger partial charge in [0.25, 0.3) is 5.91 Å². The van der Waals surface area contributed by atoms with E-state index in [1.807, 2.05) is 35.7 Å². The summed E-state index contributed by atoms with van der Waals surface area (Å²) in [4.78, 5) is 15.9. The van der Waals surface area contributed by atoms with Crippen molar-refractivity contribution in [1.29, 1.82) is 0 Å². The van der Waals surface area contributed by atoms with Gasteiger partial charge in [0.2, 0.25) is 0 Å². The Morgan fingerprint density at radius 3 is 2.80 bits per heavy atom. The molecular weight excluding hydrogens is 274 g/mol. The van der Waals surface area contributed by atoms with Gasteiger partial charge in [0, 0.05) is 17.6 Å². The molecule has 2 unspecified atom stereocenters. The van der Waals surface area contributed by atoms with Crippen LogP contribution >= 0.6 is 11.3 Å². The van der Waals surface area contributed by atoms with Crippen LogP contribution in [-0.2, 0) is 17.8 Å². The number of carbonyl (C=O) groups is 1. The van der Waals surface area contributed by atoms with Gasteiger partial charge in [0.1, 0.15) is 11.1 Å². The Hall–Kier alpha value is -1.76. The van der Waals surface area contributed by atoms with Crippen LogP contribution in [0.5, 0.6) is 0 Å². The molecule has 1 amide bonds. The minimum absolute atomic E-state index is 0.311. The maximum atomic E-state index is 11.8. The van der Waals surface area contributed by atoms with Crippen molar-refractivity contribution in [3.8, 4) is 0 Å². The number of carbonyl (C=O) groups excluding carboxylic acids is 1. The first-order chi connectivity index (χ1) is 9.66. The average Bonchev–Trinajstić information content (AvgIpc) is 2.98. The molecule has 2 rings (SSSR count). The van der Waals surface area contributed by atoms with Crippen LogP contribution in [0.3, 0.4) is 0 Å². The zero-order valence-corrected chi connectivity index (χ0v) is 11.7. The second-order valence-corrected chi connectivity index (χ2v) is 5.42. The van der Waals surface area contributed by atoms with Crippen molar-refractivity contribution >= 4 is 17.2 Å². The van der Waals surface area contributed by atoms with E-state index in [9.17, 15) is 9.90 Å². The van der Waals surface area contributed by atoms with Gasteiger partial charge in [-0.05, 0) is 12.0 Å². The second kappa shape index (κ2) is 7.14. The van der Waals surface area contributed by atoms with Gasteiger partial charge < -0.3 is 16.2 Å². The van der Waals surface area contributed by atoms with E-state index in [0.29, 0.717) is 13.0 Å². The van der Waals surface area contributed by atoms with Crippen LogP contribution in [0.2, 0.25) is 0 Å². The standard InChI is InChI=1S/C14H17N3O2S/c15-11(8-10-4-2-1-3-5-10)13(18)14(19)17-9-12-16-6-7-20-12/h1-7,11,13,18H,8-9,15H2,(H,17,19). The zero-order valence-electron chi connectivity index (χ0n) is 10.9. The number of amides is 1. The first kappa shape index (κ1) is 14.6. The van der Waals surface area contributed by atoms with Crippen LogP contribution in [0.1, 0.15) is 10.6 Å². The fourth-order valence-corrected chi connectivity index (χ4v) is 2.36. The van der Waals surface area contributed by atoms with Crippen LogP contribution in [0.4, 0.5) is 0 Å². The van der Waals surface area contributed by atoms with Crippen LogP contribution in [0.15, 0.2) is 41.9 Å². The van der Waals surface area contributed by atoms with Crippen molar-refractivity contribution in [2.45, 2.75) is 25.1 Å². The van der Waals surface area contributed by atoms with E-state index in [1.165, 1.54) is 11.3 Å². The molecule has 5 nitrogen and oxygen atoms in total. The predicted octanol–water partition coefficient (Wildman–Crippen LogP) is 0.690. The van der Waals surface area contributed by atoms with Gasteiger partial charge in [-0.2, -0.15) is 0 Å². The lowest BCUT2D eigenvalue weighted by atomic mass is 10.0. The number of aliphatic hydroxyl groups excluding tert-OH is 1. The van der Waals surface area contributed by atoms with E-state index in [-0.39, 0.29) is 0 Å². The Labute approximate surface area is 121 Å². The van der Waals surface area contributed by atoms with Crippen LogP contribution < -0.4 is 11.1 Å². The molecule has 1 aromatic heterocycles. The van der Waals surface area contributed by atoms with Gasteiger partial charge in [-0.1, -0.05) is 30.3 Å². The molecule has 4 N–H and O–H groups in total. The molecule has 0 aliphatic heterocycles. The van der Waals surface area contributed by atoms with Crippen molar-refractivity contribution in [1.82, 2.24) is 10.3 Å². The number of benzene rings is 1. The maximum absolute atomic E-state index is 11.8. The molecule has 0 fully saturated rings. The van der Waals surface area contributed by atoms with Gasteiger partial charge in [0.05, 0.1) is 6.54 Å². The maximum Gasteiger partial charge on any atom is 0.250 e. The fourth-order valence-electron chi connectivity index (χ4n) is 1.80. The smallest absolute Gasteiger partial charge is 0.250 e. The highest BCUT2D eigenvalue weighted by atomic mass is 32.1. The van der Waals surface area contributed by atoms with Crippen molar-refractivity contribution in [2.24, 2.45) is 5.73 Å². The summed E-state index contributed by atoms with van der Waals surface area (Å²) >= 11 is 1.45. The van der Waals surface area contributed by atoms with Crippen molar-refractivity contribution in [2.75, 3.05) is 0 Å². The van der Waals surface area contributed by atoms with Crippen LogP contribution in [-0.4, -0.2) is 28.1 Å². The summed E-state index contributed by atoms with van der Waals surface area (Å²) in [6, 6.07) is 8.91. The Kier molecular flexibility index (Phi) is 5.23. The number of thiazole rings is 1. The lowest BCUT2D eigenvalue weighted by Crippen LogP contribution is -2.47. The fraction of sp³-hybridized carbons (Fsp3) is 0.286. The Balaban J connectivity index is 1.83. The largest absolute Gasteiger partial charge is 0.382 e. The van der Waals surface area contributed by atoms with E-state index in [2.05, 4.69) is 10.3 Å². The third kappa shape index (κ3) is 4.12. The molecule has 20 heavy (non-hydrogen) atoms. The lowest BCUT2D eigenvalue weighted by Gasteiger charge is -2.18. The molecule has 0 spiro atoms. The third-order valence-corrected chi connectivity index (χ3v) is 3.67. The summed E-state index contributed by atoms with van der Waals surface area (Å²) in [6.07, 6.45) is 0.895. The molecule has 1 heterocycles. The zero-order chi connectivity index (χ0) is 14.4. The first-order valence-corrected chi connectivity index (χ1v) is 7.18.